The van der Waals surface area contributed by atoms with E-state index in [1.807, 2.05) is 38.1 Å². The Labute approximate surface area is 149 Å². The van der Waals surface area contributed by atoms with Gasteiger partial charge in [-0.15, -0.1) is 0 Å². The summed E-state index contributed by atoms with van der Waals surface area (Å²) in [4.78, 5) is 23.6. The van der Waals surface area contributed by atoms with Crippen LogP contribution in [0.5, 0.6) is 11.5 Å². The van der Waals surface area contributed by atoms with Crippen LogP contribution in [0.1, 0.15) is 27.2 Å². The molecular formula is C18H28N2O5. The number of carbonyl (C=O) groups is 2. The number of methoxy groups -OCH3 is 1. The molecule has 0 heterocycles. The van der Waals surface area contributed by atoms with Crippen LogP contribution < -0.4 is 20.1 Å². The van der Waals surface area contributed by atoms with E-state index in [0.29, 0.717) is 31.9 Å². The fourth-order valence-corrected chi connectivity index (χ4v) is 2.06. The highest BCUT2D eigenvalue weighted by Crippen LogP contribution is 2.17. The summed E-state index contributed by atoms with van der Waals surface area (Å²) in [5.41, 5.74) is -0.870. The molecular weight excluding hydrogens is 324 g/mol. The minimum Gasteiger partial charge on any atom is -0.494 e. The molecule has 0 saturated heterocycles. The molecule has 1 aromatic rings. The molecule has 0 radical (unpaired) electrons. The molecule has 0 aliphatic rings. The molecule has 25 heavy (non-hydrogen) atoms. The summed E-state index contributed by atoms with van der Waals surface area (Å²) in [6, 6.07) is 7.30. The van der Waals surface area contributed by atoms with E-state index >= 15 is 0 Å². The van der Waals surface area contributed by atoms with E-state index in [9.17, 15) is 9.59 Å². The SMILES string of the molecule is CCOc1ccc(OCCNC(=O)CN[C@@](C)(CC)C(=O)OC)cc1. The highest BCUT2D eigenvalue weighted by molar-refractivity contribution is 5.82. The molecule has 0 fully saturated rings. The van der Waals surface area contributed by atoms with Crippen LogP contribution >= 0.6 is 0 Å². The van der Waals surface area contributed by atoms with Crippen molar-refractivity contribution in [3.63, 3.8) is 0 Å². The van der Waals surface area contributed by atoms with Crippen LogP contribution in [0.25, 0.3) is 0 Å². The van der Waals surface area contributed by atoms with Gasteiger partial charge in [-0.3, -0.25) is 14.9 Å². The number of ether oxygens (including phenoxy) is 3. The number of amides is 1. The maximum atomic E-state index is 11.8. The average Bonchev–Trinajstić information content (AvgIpc) is 2.64. The van der Waals surface area contributed by atoms with Gasteiger partial charge in [0.2, 0.25) is 5.91 Å². The third-order valence-corrected chi connectivity index (χ3v) is 3.81. The molecule has 0 saturated carbocycles. The first kappa shape index (κ1) is 20.8. The summed E-state index contributed by atoms with van der Waals surface area (Å²) in [6.45, 7) is 6.86. The minimum absolute atomic E-state index is 0.0303. The predicted octanol–water partition coefficient (Wildman–Crippen LogP) is 1.51. The maximum Gasteiger partial charge on any atom is 0.325 e. The topological polar surface area (TPSA) is 85.9 Å². The highest BCUT2D eigenvalue weighted by Gasteiger charge is 2.32. The van der Waals surface area contributed by atoms with Gasteiger partial charge in [-0.25, -0.2) is 0 Å². The van der Waals surface area contributed by atoms with E-state index in [1.54, 1.807) is 6.92 Å². The Bertz CT molecular complexity index is 547. The van der Waals surface area contributed by atoms with Crippen molar-refractivity contribution in [1.29, 1.82) is 0 Å². The van der Waals surface area contributed by atoms with Crippen molar-refractivity contribution in [2.45, 2.75) is 32.7 Å². The quantitative estimate of drug-likeness (QED) is 0.464. The van der Waals surface area contributed by atoms with Crippen LogP contribution in [-0.2, 0) is 14.3 Å². The molecule has 0 aliphatic heterocycles. The summed E-state index contributed by atoms with van der Waals surface area (Å²) in [6.07, 6.45) is 0.522. The number of carbonyl (C=O) groups excluding carboxylic acids is 2. The number of rotatable bonds is 11. The van der Waals surface area contributed by atoms with E-state index in [4.69, 9.17) is 14.2 Å². The molecule has 0 unspecified atom stereocenters. The van der Waals surface area contributed by atoms with Crippen molar-refractivity contribution in [2.75, 3.05) is 33.4 Å². The van der Waals surface area contributed by atoms with Gasteiger partial charge in [0.15, 0.2) is 0 Å². The molecule has 0 aromatic heterocycles. The van der Waals surface area contributed by atoms with Crippen LogP contribution in [0, 0.1) is 0 Å². The fraction of sp³-hybridized carbons (Fsp3) is 0.556. The van der Waals surface area contributed by atoms with Crippen molar-refractivity contribution in [3.8, 4) is 11.5 Å². The second kappa shape index (κ2) is 10.6. The summed E-state index contributed by atoms with van der Waals surface area (Å²) in [7, 11) is 1.33. The number of nitrogens with one attached hydrogen (secondary N) is 2. The first-order valence-corrected chi connectivity index (χ1v) is 8.41. The first-order valence-electron chi connectivity index (χ1n) is 8.41. The van der Waals surface area contributed by atoms with Crippen LogP contribution in [-0.4, -0.2) is 50.8 Å². The van der Waals surface area contributed by atoms with E-state index < -0.39 is 5.54 Å². The van der Waals surface area contributed by atoms with Crippen LogP contribution in [0.4, 0.5) is 0 Å². The standard InChI is InChI=1S/C18H28N2O5/c1-5-18(3,17(22)23-4)20-13-16(21)19-11-12-25-15-9-7-14(8-10-15)24-6-2/h7-10,20H,5-6,11-13H2,1-4H3,(H,19,21)/t18-/m0/s1. The third kappa shape index (κ3) is 7.01. The average molecular weight is 352 g/mol. The lowest BCUT2D eigenvalue weighted by molar-refractivity contribution is -0.148. The Morgan fingerprint density at radius 3 is 2.20 bits per heavy atom. The summed E-state index contributed by atoms with van der Waals surface area (Å²) in [5, 5.41) is 5.67. The first-order chi connectivity index (χ1) is 11.9. The summed E-state index contributed by atoms with van der Waals surface area (Å²) < 4.78 is 15.6. The Hall–Kier alpha value is -2.28. The molecule has 0 spiro atoms. The monoisotopic (exact) mass is 352 g/mol. The molecule has 7 nitrogen and oxygen atoms in total. The third-order valence-electron chi connectivity index (χ3n) is 3.81. The van der Waals surface area contributed by atoms with Crippen molar-refractivity contribution in [2.24, 2.45) is 0 Å². The number of hydrogen-bond donors (Lipinski definition) is 2. The largest absolute Gasteiger partial charge is 0.494 e. The van der Waals surface area contributed by atoms with Gasteiger partial charge >= 0.3 is 5.97 Å². The summed E-state index contributed by atoms with van der Waals surface area (Å²) in [5.74, 6) is 0.902. The molecule has 1 amide bonds. The summed E-state index contributed by atoms with van der Waals surface area (Å²) >= 11 is 0. The number of hydrogen-bond acceptors (Lipinski definition) is 6. The van der Waals surface area contributed by atoms with Gasteiger partial charge in [0, 0.05) is 0 Å². The zero-order valence-corrected chi connectivity index (χ0v) is 15.4. The van der Waals surface area contributed by atoms with Crippen LogP contribution in [0.2, 0.25) is 0 Å². The predicted molar refractivity (Wildman–Crippen MR) is 94.8 cm³/mol. The van der Waals surface area contributed by atoms with Gasteiger partial charge in [0.25, 0.3) is 0 Å². The fourth-order valence-electron chi connectivity index (χ4n) is 2.06. The second-order valence-electron chi connectivity index (χ2n) is 5.63. The molecule has 140 valence electrons. The Morgan fingerprint density at radius 2 is 1.68 bits per heavy atom. The van der Waals surface area contributed by atoms with Crippen LogP contribution in [0.15, 0.2) is 24.3 Å². The van der Waals surface area contributed by atoms with Crippen LogP contribution in [0.3, 0.4) is 0 Å². The zero-order chi connectivity index (χ0) is 18.7. The van der Waals surface area contributed by atoms with E-state index in [-0.39, 0.29) is 18.4 Å². The van der Waals surface area contributed by atoms with Crippen molar-refractivity contribution >= 4 is 11.9 Å². The molecule has 7 heteroatoms. The smallest absolute Gasteiger partial charge is 0.325 e. The van der Waals surface area contributed by atoms with Crippen molar-refractivity contribution < 1.29 is 23.8 Å². The molecule has 0 bridgehead atoms. The number of esters is 1. The van der Waals surface area contributed by atoms with Gasteiger partial charge in [-0.1, -0.05) is 6.92 Å². The molecule has 1 rings (SSSR count). The van der Waals surface area contributed by atoms with Gasteiger partial charge in [-0.05, 0) is 44.5 Å². The van der Waals surface area contributed by atoms with Gasteiger partial charge in [0.05, 0.1) is 26.8 Å². The molecule has 2 N–H and O–H groups in total. The lowest BCUT2D eigenvalue weighted by Gasteiger charge is -2.26. The minimum atomic E-state index is -0.870. The zero-order valence-electron chi connectivity index (χ0n) is 15.4. The van der Waals surface area contributed by atoms with E-state index in [0.717, 1.165) is 5.75 Å². The van der Waals surface area contributed by atoms with Crippen molar-refractivity contribution in [3.05, 3.63) is 24.3 Å². The normalized spacial score (nSPS) is 12.8. The Balaban J connectivity index is 2.27. The van der Waals surface area contributed by atoms with E-state index in [1.165, 1.54) is 7.11 Å². The lowest BCUT2D eigenvalue weighted by atomic mass is 9.99. The van der Waals surface area contributed by atoms with Gasteiger partial charge in [-0.2, -0.15) is 0 Å². The Kier molecular flexibility index (Phi) is 8.77. The molecule has 1 aromatic carbocycles. The van der Waals surface area contributed by atoms with Gasteiger partial charge < -0.3 is 19.5 Å². The van der Waals surface area contributed by atoms with Crippen molar-refractivity contribution in [1.82, 2.24) is 10.6 Å². The molecule has 0 aliphatic carbocycles. The Morgan fingerprint density at radius 1 is 1.08 bits per heavy atom. The van der Waals surface area contributed by atoms with Gasteiger partial charge in [0.1, 0.15) is 23.6 Å². The van der Waals surface area contributed by atoms with E-state index in [2.05, 4.69) is 10.6 Å². The number of benzene rings is 1. The lowest BCUT2D eigenvalue weighted by Crippen LogP contribution is -2.53. The second-order valence-corrected chi connectivity index (χ2v) is 5.63. The molecule has 1 atom stereocenters. The highest BCUT2D eigenvalue weighted by atomic mass is 16.5. The maximum absolute atomic E-state index is 11.8.